The quantitative estimate of drug-likeness (QED) is 0.607. The third-order valence-electron chi connectivity index (χ3n) is 5.25. The molecule has 0 saturated heterocycles. The fourth-order valence-corrected chi connectivity index (χ4v) is 4.67. The molecule has 144 valence electrons. The fourth-order valence-electron chi connectivity index (χ4n) is 4.07. The number of H-pyrrole nitrogens is 1. The van der Waals surface area contributed by atoms with Gasteiger partial charge in [0.25, 0.3) is 5.56 Å². The van der Waals surface area contributed by atoms with Crippen molar-refractivity contribution in [2.24, 2.45) is 0 Å². The first kappa shape index (κ1) is 17.4. The molecule has 2 aliphatic heterocycles. The second-order valence-corrected chi connectivity index (χ2v) is 8.16. The van der Waals surface area contributed by atoms with E-state index < -0.39 is 5.92 Å². The molecule has 0 saturated carbocycles. The molecule has 0 radical (unpaired) electrons. The molecule has 2 aromatic rings. The van der Waals surface area contributed by atoms with Crippen LogP contribution in [0.15, 0.2) is 39.4 Å². The molecule has 3 heterocycles. The van der Waals surface area contributed by atoms with Gasteiger partial charge in [0.1, 0.15) is 5.82 Å². The zero-order valence-electron chi connectivity index (χ0n) is 15.3. The summed E-state index contributed by atoms with van der Waals surface area (Å²) < 4.78 is 10.9. The lowest BCUT2D eigenvalue weighted by Crippen LogP contribution is -2.32. The highest BCUT2D eigenvalue weighted by molar-refractivity contribution is 7.99. The van der Waals surface area contributed by atoms with E-state index in [0.717, 1.165) is 29.9 Å². The van der Waals surface area contributed by atoms with E-state index in [1.165, 1.54) is 11.8 Å². The summed E-state index contributed by atoms with van der Waals surface area (Å²) >= 11 is 1.48. The van der Waals surface area contributed by atoms with E-state index >= 15 is 0 Å². The van der Waals surface area contributed by atoms with Crippen molar-refractivity contribution in [2.45, 2.75) is 37.3 Å². The van der Waals surface area contributed by atoms with Gasteiger partial charge in [0.05, 0.1) is 5.56 Å². The number of ketones is 1. The maximum atomic E-state index is 13.0. The number of Topliss-reactive ketones (excluding diaryl/α,β-unsaturated/α-hetero) is 1. The Morgan fingerprint density at radius 1 is 1.21 bits per heavy atom. The standard InChI is InChI=1S/C20H19N3O4S/c1-2-28-20-22-18-17(19(25)23-20)15(16-11(21-18)4-3-5-12(16)24)10-6-7-13-14(8-10)27-9-26-13/h6-8,15H,2-5,9H2,1H3,(H2,21,22,23,25). The number of rotatable bonds is 3. The number of benzene rings is 1. The van der Waals surface area contributed by atoms with Gasteiger partial charge in [-0.1, -0.05) is 24.8 Å². The number of allylic oxidation sites excluding steroid dienone is 2. The summed E-state index contributed by atoms with van der Waals surface area (Å²) in [6, 6.07) is 5.59. The summed E-state index contributed by atoms with van der Waals surface area (Å²) in [7, 11) is 0. The minimum atomic E-state index is -0.467. The Bertz CT molecular complexity index is 1080. The second kappa shape index (κ2) is 6.70. The number of carbonyl (C=O) groups excluding carboxylic acids is 1. The van der Waals surface area contributed by atoms with Crippen molar-refractivity contribution in [3.8, 4) is 11.5 Å². The summed E-state index contributed by atoms with van der Waals surface area (Å²) in [6.07, 6.45) is 2.06. The summed E-state index contributed by atoms with van der Waals surface area (Å²) in [6.45, 7) is 2.18. The van der Waals surface area contributed by atoms with Gasteiger partial charge >= 0.3 is 0 Å². The van der Waals surface area contributed by atoms with Crippen molar-refractivity contribution in [1.29, 1.82) is 0 Å². The lowest BCUT2D eigenvalue weighted by molar-refractivity contribution is -0.116. The summed E-state index contributed by atoms with van der Waals surface area (Å²) in [5.41, 5.74) is 2.63. The number of aromatic nitrogens is 2. The van der Waals surface area contributed by atoms with Crippen LogP contribution in [0, 0.1) is 0 Å². The normalized spacial score (nSPS) is 19.9. The van der Waals surface area contributed by atoms with E-state index in [1.807, 2.05) is 25.1 Å². The Balaban J connectivity index is 1.72. The van der Waals surface area contributed by atoms with Crippen LogP contribution < -0.4 is 20.3 Å². The highest BCUT2D eigenvalue weighted by Gasteiger charge is 2.38. The summed E-state index contributed by atoms with van der Waals surface area (Å²) in [5.74, 6) is 2.25. The number of anilines is 1. The van der Waals surface area contributed by atoms with Crippen LogP contribution >= 0.6 is 11.8 Å². The van der Waals surface area contributed by atoms with Gasteiger partial charge in [-0.25, -0.2) is 4.98 Å². The molecule has 2 N–H and O–H groups in total. The third kappa shape index (κ3) is 2.71. The maximum absolute atomic E-state index is 13.0. The van der Waals surface area contributed by atoms with E-state index in [4.69, 9.17) is 9.47 Å². The van der Waals surface area contributed by atoms with Gasteiger partial charge in [-0.15, -0.1) is 0 Å². The number of fused-ring (bicyclic) bond motifs is 2. The predicted molar refractivity (Wildman–Crippen MR) is 105 cm³/mol. The lowest BCUT2D eigenvalue weighted by atomic mass is 9.76. The maximum Gasteiger partial charge on any atom is 0.257 e. The van der Waals surface area contributed by atoms with Gasteiger partial charge in [-0.2, -0.15) is 0 Å². The third-order valence-corrected chi connectivity index (χ3v) is 6.00. The zero-order valence-corrected chi connectivity index (χ0v) is 16.1. The van der Waals surface area contributed by atoms with Crippen molar-refractivity contribution < 1.29 is 14.3 Å². The van der Waals surface area contributed by atoms with Crippen molar-refractivity contribution in [1.82, 2.24) is 9.97 Å². The minimum absolute atomic E-state index is 0.0773. The van der Waals surface area contributed by atoms with Crippen molar-refractivity contribution in [3.63, 3.8) is 0 Å². The number of nitrogens with zero attached hydrogens (tertiary/aromatic N) is 1. The highest BCUT2D eigenvalue weighted by Crippen LogP contribution is 2.45. The van der Waals surface area contributed by atoms with Crippen LogP contribution in [0.5, 0.6) is 11.5 Å². The van der Waals surface area contributed by atoms with E-state index in [1.54, 1.807) is 0 Å². The number of hydrogen-bond acceptors (Lipinski definition) is 7. The van der Waals surface area contributed by atoms with Gasteiger partial charge < -0.3 is 19.8 Å². The molecular formula is C20H19N3O4S. The zero-order chi connectivity index (χ0) is 19.3. The van der Waals surface area contributed by atoms with E-state index in [9.17, 15) is 9.59 Å². The largest absolute Gasteiger partial charge is 0.454 e. The van der Waals surface area contributed by atoms with Gasteiger partial charge in [-0.3, -0.25) is 9.59 Å². The van der Waals surface area contributed by atoms with E-state index in [0.29, 0.717) is 40.0 Å². The molecular weight excluding hydrogens is 378 g/mol. The van der Waals surface area contributed by atoms with Gasteiger partial charge in [-0.05, 0) is 36.3 Å². The SMILES string of the molecule is CCSc1nc2c(c(=O)[nH]1)C(c1ccc3c(c1)OCO3)C1=C(CCCC1=O)N2. The number of nitrogens with one attached hydrogen (secondary N) is 2. The topological polar surface area (TPSA) is 93.3 Å². The van der Waals surface area contributed by atoms with Crippen LogP contribution in [0.4, 0.5) is 5.82 Å². The first-order valence-electron chi connectivity index (χ1n) is 9.35. The van der Waals surface area contributed by atoms with Gasteiger partial charge in [0, 0.05) is 23.6 Å². The molecule has 5 rings (SSSR count). The molecule has 7 nitrogen and oxygen atoms in total. The molecule has 3 aliphatic rings. The van der Waals surface area contributed by atoms with Crippen molar-refractivity contribution >= 4 is 23.4 Å². The summed E-state index contributed by atoms with van der Waals surface area (Å²) in [5, 5.41) is 3.86. The van der Waals surface area contributed by atoms with Gasteiger partial charge in [0.2, 0.25) is 6.79 Å². The highest BCUT2D eigenvalue weighted by atomic mass is 32.2. The Kier molecular flexibility index (Phi) is 4.16. The second-order valence-electron chi connectivity index (χ2n) is 6.91. The smallest absolute Gasteiger partial charge is 0.257 e. The number of thioether (sulfide) groups is 1. The molecule has 1 aromatic carbocycles. The molecule has 0 fully saturated rings. The first-order valence-corrected chi connectivity index (χ1v) is 10.3. The Morgan fingerprint density at radius 2 is 2.07 bits per heavy atom. The molecule has 1 aromatic heterocycles. The Labute approximate surface area is 165 Å². The van der Waals surface area contributed by atoms with Crippen molar-refractivity contribution in [3.05, 3.63) is 50.9 Å². The summed E-state index contributed by atoms with van der Waals surface area (Å²) in [4.78, 5) is 33.4. The molecule has 8 heteroatoms. The predicted octanol–water partition coefficient (Wildman–Crippen LogP) is 3.18. The van der Waals surface area contributed by atoms with E-state index in [2.05, 4.69) is 15.3 Å². The number of carbonyl (C=O) groups is 1. The van der Waals surface area contributed by atoms with Crippen LogP contribution in [-0.4, -0.2) is 28.3 Å². The molecule has 0 spiro atoms. The van der Waals surface area contributed by atoms with Gasteiger partial charge in [0.15, 0.2) is 22.4 Å². The van der Waals surface area contributed by atoms with Crippen molar-refractivity contribution in [2.75, 3.05) is 17.9 Å². The Hall–Kier alpha value is -2.74. The molecule has 0 amide bonds. The fraction of sp³-hybridized carbons (Fsp3) is 0.350. The number of hydrogen-bond donors (Lipinski definition) is 2. The first-order chi connectivity index (χ1) is 13.7. The average molecular weight is 397 g/mol. The minimum Gasteiger partial charge on any atom is -0.454 e. The average Bonchev–Trinajstić information content (AvgIpc) is 3.14. The molecule has 1 aliphatic carbocycles. The monoisotopic (exact) mass is 397 g/mol. The Morgan fingerprint density at radius 3 is 2.93 bits per heavy atom. The molecule has 28 heavy (non-hydrogen) atoms. The van der Waals surface area contributed by atoms with E-state index in [-0.39, 0.29) is 18.1 Å². The number of ether oxygens (including phenoxy) is 2. The molecule has 1 atom stereocenters. The van der Waals surface area contributed by atoms with Crippen LogP contribution in [0.2, 0.25) is 0 Å². The molecule has 0 bridgehead atoms. The van der Waals surface area contributed by atoms with Crippen LogP contribution in [0.1, 0.15) is 43.2 Å². The molecule has 1 unspecified atom stereocenters. The van der Waals surface area contributed by atoms with Crippen LogP contribution in [0.3, 0.4) is 0 Å². The number of aromatic amines is 1. The van der Waals surface area contributed by atoms with Crippen LogP contribution in [-0.2, 0) is 4.79 Å². The van der Waals surface area contributed by atoms with Crippen LogP contribution in [0.25, 0.3) is 0 Å². The lowest BCUT2D eigenvalue weighted by Gasteiger charge is -2.32.